The lowest BCUT2D eigenvalue weighted by Gasteiger charge is -2.44. The first-order chi connectivity index (χ1) is 12.3. The lowest BCUT2D eigenvalue weighted by molar-refractivity contribution is -0.146. The molecule has 1 heterocycles. The van der Waals surface area contributed by atoms with Gasteiger partial charge in [-0.25, -0.2) is 4.39 Å². The summed E-state index contributed by atoms with van der Waals surface area (Å²) in [6.45, 7) is 3.03. The number of aldehydes is 1. The van der Waals surface area contributed by atoms with Crippen LogP contribution in [-0.4, -0.2) is 59.9 Å². The van der Waals surface area contributed by atoms with E-state index in [0.717, 1.165) is 11.8 Å². The third kappa shape index (κ3) is 4.68. The number of carbonyl (C=O) groups excluding carboxylic acids is 2. The van der Waals surface area contributed by atoms with E-state index in [4.69, 9.17) is 0 Å². The van der Waals surface area contributed by atoms with Gasteiger partial charge in [-0.15, -0.1) is 0 Å². The standard InChI is InChI=1S/C20H29FN2O3/c1-15(19(25)22(2)3)20(26)10-12-23(13-11-20)18(5-4-14-24)16-6-8-17(21)9-7-16/h6-9,14-15,18,26H,4-5,10-13H2,1-3H3. The number of hydrogen-bond acceptors (Lipinski definition) is 4. The predicted octanol–water partition coefficient (Wildman–Crippen LogP) is 2.40. The maximum Gasteiger partial charge on any atom is 0.227 e. The molecule has 1 aliphatic rings. The van der Waals surface area contributed by atoms with Crippen molar-refractivity contribution in [3.05, 3.63) is 35.6 Å². The van der Waals surface area contributed by atoms with Crippen LogP contribution in [0.5, 0.6) is 0 Å². The molecule has 26 heavy (non-hydrogen) atoms. The number of halogens is 1. The largest absolute Gasteiger partial charge is 0.389 e. The van der Waals surface area contributed by atoms with Gasteiger partial charge < -0.3 is 14.8 Å². The summed E-state index contributed by atoms with van der Waals surface area (Å²) in [5, 5.41) is 11.0. The molecular weight excluding hydrogens is 335 g/mol. The molecule has 1 aromatic rings. The first kappa shape index (κ1) is 20.5. The highest BCUT2D eigenvalue weighted by Crippen LogP contribution is 2.35. The normalized spacial score (nSPS) is 19.6. The molecule has 6 heteroatoms. The van der Waals surface area contributed by atoms with Gasteiger partial charge in [0.2, 0.25) is 5.91 Å². The van der Waals surface area contributed by atoms with Gasteiger partial charge in [0.05, 0.1) is 11.5 Å². The Morgan fingerprint density at radius 2 is 1.88 bits per heavy atom. The van der Waals surface area contributed by atoms with E-state index in [0.29, 0.717) is 38.8 Å². The fraction of sp³-hybridized carbons (Fsp3) is 0.600. The molecule has 1 saturated heterocycles. The Balaban J connectivity index is 2.10. The first-order valence-corrected chi connectivity index (χ1v) is 9.15. The summed E-state index contributed by atoms with van der Waals surface area (Å²) in [6.07, 6.45) is 2.96. The van der Waals surface area contributed by atoms with E-state index in [2.05, 4.69) is 4.90 Å². The highest BCUT2D eigenvalue weighted by molar-refractivity contribution is 5.79. The van der Waals surface area contributed by atoms with Gasteiger partial charge in [-0.3, -0.25) is 9.69 Å². The summed E-state index contributed by atoms with van der Waals surface area (Å²) in [5.74, 6) is -0.817. The van der Waals surface area contributed by atoms with Crippen LogP contribution in [-0.2, 0) is 9.59 Å². The molecule has 1 amide bonds. The van der Waals surface area contributed by atoms with Crippen molar-refractivity contribution in [2.75, 3.05) is 27.2 Å². The Bertz CT molecular complexity index is 610. The number of amides is 1. The number of piperidine rings is 1. The van der Waals surface area contributed by atoms with E-state index < -0.39 is 11.5 Å². The number of nitrogens with zero attached hydrogens (tertiary/aromatic N) is 2. The molecule has 1 aromatic carbocycles. The third-order valence-electron chi connectivity index (χ3n) is 5.53. The van der Waals surface area contributed by atoms with Gasteiger partial charge in [0.1, 0.15) is 12.1 Å². The van der Waals surface area contributed by atoms with Crippen molar-refractivity contribution in [1.82, 2.24) is 9.80 Å². The molecule has 0 aliphatic carbocycles. The van der Waals surface area contributed by atoms with Gasteiger partial charge in [-0.05, 0) is 37.0 Å². The monoisotopic (exact) mass is 364 g/mol. The average molecular weight is 364 g/mol. The quantitative estimate of drug-likeness (QED) is 0.755. The Morgan fingerprint density at radius 1 is 1.31 bits per heavy atom. The molecule has 2 unspecified atom stereocenters. The molecule has 1 fully saturated rings. The summed E-state index contributed by atoms with van der Waals surface area (Å²) in [4.78, 5) is 26.8. The molecule has 0 radical (unpaired) electrons. The zero-order chi connectivity index (χ0) is 19.3. The van der Waals surface area contributed by atoms with E-state index in [-0.39, 0.29) is 17.8 Å². The van der Waals surface area contributed by atoms with Crippen molar-refractivity contribution in [3.8, 4) is 0 Å². The van der Waals surface area contributed by atoms with Crippen LogP contribution >= 0.6 is 0 Å². The fourth-order valence-corrected chi connectivity index (χ4v) is 3.74. The van der Waals surface area contributed by atoms with Crippen LogP contribution in [0.4, 0.5) is 4.39 Å². The number of carbonyl (C=O) groups is 2. The molecule has 1 aliphatic heterocycles. The summed E-state index contributed by atoms with van der Waals surface area (Å²) >= 11 is 0. The Kier molecular flexibility index (Phi) is 6.89. The topological polar surface area (TPSA) is 60.9 Å². The summed E-state index contributed by atoms with van der Waals surface area (Å²) < 4.78 is 13.2. The van der Waals surface area contributed by atoms with E-state index in [1.54, 1.807) is 33.2 Å². The van der Waals surface area contributed by atoms with Gasteiger partial charge >= 0.3 is 0 Å². The van der Waals surface area contributed by atoms with Crippen molar-refractivity contribution < 1.29 is 19.1 Å². The van der Waals surface area contributed by atoms with Gasteiger partial charge in [0, 0.05) is 39.6 Å². The van der Waals surface area contributed by atoms with Crippen LogP contribution in [0.3, 0.4) is 0 Å². The summed E-state index contributed by atoms with van der Waals surface area (Å²) in [6, 6.07) is 6.38. The Labute approximate surface area is 154 Å². The Hall–Kier alpha value is -1.79. The lowest BCUT2D eigenvalue weighted by atomic mass is 9.79. The Morgan fingerprint density at radius 3 is 2.38 bits per heavy atom. The molecule has 1 N–H and O–H groups in total. The van der Waals surface area contributed by atoms with Crippen LogP contribution < -0.4 is 0 Å². The highest BCUT2D eigenvalue weighted by atomic mass is 19.1. The van der Waals surface area contributed by atoms with Gasteiger partial charge in [-0.1, -0.05) is 19.1 Å². The van der Waals surface area contributed by atoms with Crippen LogP contribution in [0.1, 0.15) is 44.2 Å². The fourth-order valence-electron chi connectivity index (χ4n) is 3.74. The molecule has 0 saturated carbocycles. The van der Waals surface area contributed by atoms with Gasteiger partial charge in [-0.2, -0.15) is 0 Å². The van der Waals surface area contributed by atoms with Crippen LogP contribution in [0.2, 0.25) is 0 Å². The molecule has 2 rings (SSSR count). The highest BCUT2D eigenvalue weighted by Gasteiger charge is 2.42. The molecule has 5 nitrogen and oxygen atoms in total. The van der Waals surface area contributed by atoms with Crippen molar-refractivity contribution in [2.45, 2.75) is 44.2 Å². The molecular formula is C20H29FN2O3. The smallest absolute Gasteiger partial charge is 0.227 e. The van der Waals surface area contributed by atoms with Crippen molar-refractivity contribution in [2.24, 2.45) is 5.92 Å². The van der Waals surface area contributed by atoms with Crippen LogP contribution in [0, 0.1) is 11.7 Å². The number of hydrogen-bond donors (Lipinski definition) is 1. The van der Waals surface area contributed by atoms with Gasteiger partial charge in [0.15, 0.2) is 0 Å². The van der Waals surface area contributed by atoms with E-state index in [9.17, 15) is 19.1 Å². The number of likely N-dealkylation sites (tertiary alicyclic amines) is 1. The number of rotatable bonds is 7. The maximum absolute atomic E-state index is 13.2. The second-order valence-corrected chi connectivity index (χ2v) is 7.41. The minimum absolute atomic E-state index is 0.00482. The minimum Gasteiger partial charge on any atom is -0.389 e. The van der Waals surface area contributed by atoms with Crippen LogP contribution in [0.15, 0.2) is 24.3 Å². The first-order valence-electron chi connectivity index (χ1n) is 9.15. The van der Waals surface area contributed by atoms with Crippen molar-refractivity contribution >= 4 is 12.2 Å². The molecule has 0 bridgehead atoms. The lowest BCUT2D eigenvalue weighted by Crippen LogP contribution is -2.52. The number of aliphatic hydroxyl groups is 1. The zero-order valence-corrected chi connectivity index (χ0v) is 15.8. The predicted molar refractivity (Wildman–Crippen MR) is 98.1 cm³/mol. The molecule has 0 aromatic heterocycles. The molecule has 0 spiro atoms. The SMILES string of the molecule is CC(C(=O)N(C)C)C1(O)CCN(C(CCC=O)c2ccc(F)cc2)CC1. The number of benzene rings is 1. The molecule has 144 valence electrons. The summed E-state index contributed by atoms with van der Waals surface area (Å²) in [5.41, 5.74) is -0.0494. The van der Waals surface area contributed by atoms with Gasteiger partial charge in [0.25, 0.3) is 0 Å². The second kappa shape index (κ2) is 8.73. The minimum atomic E-state index is -1.02. The van der Waals surface area contributed by atoms with Crippen LogP contribution in [0.25, 0.3) is 0 Å². The van der Waals surface area contributed by atoms with E-state index in [1.165, 1.54) is 17.0 Å². The van der Waals surface area contributed by atoms with E-state index >= 15 is 0 Å². The second-order valence-electron chi connectivity index (χ2n) is 7.41. The average Bonchev–Trinajstić information content (AvgIpc) is 2.63. The maximum atomic E-state index is 13.2. The van der Waals surface area contributed by atoms with Crippen molar-refractivity contribution in [1.29, 1.82) is 0 Å². The zero-order valence-electron chi connectivity index (χ0n) is 15.8. The third-order valence-corrected chi connectivity index (χ3v) is 5.53. The molecule has 2 atom stereocenters. The van der Waals surface area contributed by atoms with E-state index in [1.807, 2.05) is 0 Å². The summed E-state index contributed by atoms with van der Waals surface area (Å²) in [7, 11) is 3.39. The van der Waals surface area contributed by atoms with Crippen molar-refractivity contribution in [3.63, 3.8) is 0 Å².